The first-order valence-corrected chi connectivity index (χ1v) is 5.56. The van der Waals surface area contributed by atoms with Gasteiger partial charge in [-0.05, 0) is 25.1 Å². The molecular formula is C10H12BrClO2. The number of hydrogen-bond acceptors (Lipinski definition) is 2. The maximum atomic E-state index is 5.92. The zero-order valence-electron chi connectivity index (χ0n) is 7.93. The smallest absolute Gasteiger partial charge is 0.139 e. The van der Waals surface area contributed by atoms with Crippen molar-refractivity contribution in [2.75, 3.05) is 19.8 Å². The van der Waals surface area contributed by atoms with E-state index < -0.39 is 0 Å². The van der Waals surface area contributed by atoms with Crippen LogP contribution in [0, 0.1) is 0 Å². The summed E-state index contributed by atoms with van der Waals surface area (Å²) in [5, 5.41) is 0.615. The summed E-state index contributed by atoms with van der Waals surface area (Å²) in [7, 11) is 0. The van der Waals surface area contributed by atoms with Gasteiger partial charge in [0.2, 0.25) is 0 Å². The first kappa shape index (κ1) is 11.8. The van der Waals surface area contributed by atoms with Gasteiger partial charge in [-0.2, -0.15) is 0 Å². The summed E-state index contributed by atoms with van der Waals surface area (Å²) in [4.78, 5) is 0. The molecule has 0 amide bonds. The predicted molar refractivity (Wildman–Crippen MR) is 61.1 cm³/mol. The first-order valence-electron chi connectivity index (χ1n) is 4.39. The highest BCUT2D eigenvalue weighted by Crippen LogP contribution is 2.27. The molecule has 0 fully saturated rings. The molecule has 0 N–H and O–H groups in total. The van der Waals surface area contributed by atoms with Crippen LogP contribution in [0.1, 0.15) is 6.92 Å². The molecule has 0 spiro atoms. The van der Waals surface area contributed by atoms with Gasteiger partial charge in [0.25, 0.3) is 0 Å². The topological polar surface area (TPSA) is 18.5 Å². The van der Waals surface area contributed by atoms with Gasteiger partial charge in [0.15, 0.2) is 0 Å². The fourth-order valence-electron chi connectivity index (χ4n) is 0.943. The van der Waals surface area contributed by atoms with Crippen LogP contribution < -0.4 is 4.74 Å². The molecule has 4 heteroatoms. The zero-order chi connectivity index (χ0) is 10.4. The Hall–Kier alpha value is -0.250. The number of hydrogen-bond donors (Lipinski definition) is 0. The van der Waals surface area contributed by atoms with E-state index in [1.165, 1.54) is 0 Å². The van der Waals surface area contributed by atoms with E-state index in [1.54, 1.807) is 6.07 Å². The molecule has 0 saturated heterocycles. The van der Waals surface area contributed by atoms with Crippen LogP contribution in [0.15, 0.2) is 22.7 Å². The molecule has 0 heterocycles. The molecular weight excluding hydrogens is 267 g/mol. The van der Waals surface area contributed by atoms with Crippen molar-refractivity contribution < 1.29 is 9.47 Å². The maximum Gasteiger partial charge on any atom is 0.139 e. The predicted octanol–water partition coefficient (Wildman–Crippen LogP) is 3.52. The lowest BCUT2D eigenvalue weighted by molar-refractivity contribution is 0.110. The molecule has 0 bridgehead atoms. The number of ether oxygens (including phenoxy) is 2. The second-order valence-electron chi connectivity index (χ2n) is 2.62. The van der Waals surface area contributed by atoms with E-state index in [-0.39, 0.29) is 0 Å². The SMILES string of the molecule is CCOCCOc1cc(Br)ccc1Cl. The Labute approximate surface area is 97.3 Å². The van der Waals surface area contributed by atoms with Gasteiger partial charge in [0.1, 0.15) is 12.4 Å². The van der Waals surface area contributed by atoms with Crippen molar-refractivity contribution in [3.8, 4) is 5.75 Å². The number of benzene rings is 1. The molecule has 14 heavy (non-hydrogen) atoms. The Morgan fingerprint density at radius 3 is 2.86 bits per heavy atom. The highest BCUT2D eigenvalue weighted by Gasteiger charge is 2.01. The molecule has 0 saturated carbocycles. The van der Waals surface area contributed by atoms with Crippen LogP contribution in [0.2, 0.25) is 5.02 Å². The van der Waals surface area contributed by atoms with Crippen molar-refractivity contribution in [3.05, 3.63) is 27.7 Å². The molecule has 0 aliphatic heterocycles. The van der Waals surface area contributed by atoms with Gasteiger partial charge in [-0.1, -0.05) is 27.5 Å². The molecule has 0 atom stereocenters. The fraction of sp³-hybridized carbons (Fsp3) is 0.400. The summed E-state index contributed by atoms with van der Waals surface area (Å²) in [6.07, 6.45) is 0. The van der Waals surface area contributed by atoms with Crippen LogP contribution in [0.4, 0.5) is 0 Å². The van der Waals surface area contributed by atoms with Crippen LogP contribution in [0.3, 0.4) is 0 Å². The summed E-state index contributed by atoms with van der Waals surface area (Å²) in [5.74, 6) is 0.681. The van der Waals surface area contributed by atoms with E-state index in [9.17, 15) is 0 Å². The molecule has 0 aromatic heterocycles. The minimum atomic E-state index is 0.518. The zero-order valence-corrected chi connectivity index (χ0v) is 10.3. The van der Waals surface area contributed by atoms with Crippen molar-refractivity contribution in [3.63, 3.8) is 0 Å². The van der Waals surface area contributed by atoms with Crippen LogP contribution >= 0.6 is 27.5 Å². The van der Waals surface area contributed by atoms with Gasteiger partial charge in [0, 0.05) is 11.1 Å². The van der Waals surface area contributed by atoms with Crippen LogP contribution in [0.5, 0.6) is 5.75 Å². The third kappa shape index (κ3) is 3.86. The standard InChI is InChI=1S/C10H12BrClO2/c1-2-13-5-6-14-10-7-8(11)3-4-9(10)12/h3-4,7H,2,5-6H2,1H3. The van der Waals surface area contributed by atoms with Crippen LogP contribution in [0.25, 0.3) is 0 Å². The Balaban J connectivity index is 2.45. The van der Waals surface area contributed by atoms with Crippen molar-refractivity contribution >= 4 is 27.5 Å². The number of rotatable bonds is 5. The van der Waals surface area contributed by atoms with Gasteiger partial charge in [0.05, 0.1) is 11.6 Å². The van der Waals surface area contributed by atoms with Gasteiger partial charge in [-0.3, -0.25) is 0 Å². The highest BCUT2D eigenvalue weighted by molar-refractivity contribution is 9.10. The Morgan fingerprint density at radius 2 is 2.14 bits per heavy atom. The van der Waals surface area contributed by atoms with E-state index in [1.807, 2.05) is 19.1 Å². The molecule has 0 radical (unpaired) electrons. The lowest BCUT2D eigenvalue weighted by Gasteiger charge is -2.08. The van der Waals surface area contributed by atoms with Crippen LogP contribution in [-0.2, 0) is 4.74 Å². The van der Waals surface area contributed by atoms with E-state index in [0.29, 0.717) is 30.6 Å². The molecule has 78 valence electrons. The molecule has 0 unspecified atom stereocenters. The Kier molecular flexibility index (Phi) is 5.30. The molecule has 1 rings (SSSR count). The van der Waals surface area contributed by atoms with E-state index in [2.05, 4.69) is 15.9 Å². The van der Waals surface area contributed by atoms with E-state index in [4.69, 9.17) is 21.1 Å². The highest BCUT2D eigenvalue weighted by atomic mass is 79.9. The van der Waals surface area contributed by atoms with Gasteiger partial charge in [-0.15, -0.1) is 0 Å². The monoisotopic (exact) mass is 278 g/mol. The summed E-state index contributed by atoms with van der Waals surface area (Å²) >= 11 is 9.27. The lowest BCUT2D eigenvalue weighted by atomic mass is 10.3. The third-order valence-corrected chi connectivity index (χ3v) is 2.39. The van der Waals surface area contributed by atoms with Crippen LogP contribution in [-0.4, -0.2) is 19.8 Å². The minimum absolute atomic E-state index is 0.518. The quantitative estimate of drug-likeness (QED) is 0.768. The molecule has 0 aliphatic carbocycles. The Morgan fingerprint density at radius 1 is 1.36 bits per heavy atom. The first-order chi connectivity index (χ1) is 6.74. The summed E-state index contributed by atoms with van der Waals surface area (Å²) in [6.45, 7) is 3.75. The fourth-order valence-corrected chi connectivity index (χ4v) is 1.45. The minimum Gasteiger partial charge on any atom is -0.490 e. The average molecular weight is 280 g/mol. The molecule has 1 aromatic carbocycles. The van der Waals surface area contributed by atoms with Crippen molar-refractivity contribution in [1.29, 1.82) is 0 Å². The van der Waals surface area contributed by atoms with Crippen molar-refractivity contribution in [2.45, 2.75) is 6.92 Å². The van der Waals surface area contributed by atoms with E-state index in [0.717, 1.165) is 4.47 Å². The normalized spacial score (nSPS) is 10.2. The molecule has 2 nitrogen and oxygen atoms in total. The van der Waals surface area contributed by atoms with Crippen molar-refractivity contribution in [1.82, 2.24) is 0 Å². The van der Waals surface area contributed by atoms with Gasteiger partial charge >= 0.3 is 0 Å². The second kappa shape index (κ2) is 6.27. The maximum absolute atomic E-state index is 5.92. The summed E-state index contributed by atoms with van der Waals surface area (Å²) in [5.41, 5.74) is 0. The molecule has 1 aromatic rings. The van der Waals surface area contributed by atoms with Crippen molar-refractivity contribution in [2.24, 2.45) is 0 Å². The summed E-state index contributed by atoms with van der Waals surface area (Å²) < 4.78 is 11.5. The second-order valence-corrected chi connectivity index (χ2v) is 3.94. The van der Waals surface area contributed by atoms with Gasteiger partial charge in [-0.25, -0.2) is 0 Å². The van der Waals surface area contributed by atoms with E-state index >= 15 is 0 Å². The number of halogens is 2. The van der Waals surface area contributed by atoms with Gasteiger partial charge < -0.3 is 9.47 Å². The Bertz CT molecular complexity index is 291. The molecule has 0 aliphatic rings. The summed E-state index contributed by atoms with van der Waals surface area (Å²) in [6, 6.07) is 5.51. The lowest BCUT2D eigenvalue weighted by Crippen LogP contribution is -2.06. The average Bonchev–Trinajstić information content (AvgIpc) is 2.18. The largest absolute Gasteiger partial charge is 0.490 e. The third-order valence-electron chi connectivity index (χ3n) is 1.58.